The fourth-order valence-corrected chi connectivity index (χ4v) is 2.93. The van der Waals surface area contributed by atoms with Gasteiger partial charge in [0.15, 0.2) is 0 Å². The Morgan fingerprint density at radius 2 is 2.21 bits per heavy atom. The number of anilines is 1. The third kappa shape index (κ3) is 2.50. The van der Waals surface area contributed by atoms with E-state index in [1.165, 1.54) is 0 Å². The molecule has 0 saturated heterocycles. The van der Waals surface area contributed by atoms with Gasteiger partial charge in [0.05, 0.1) is 11.4 Å². The van der Waals surface area contributed by atoms with Crippen LogP contribution in [-0.4, -0.2) is 9.55 Å². The van der Waals surface area contributed by atoms with Crippen LogP contribution in [0.1, 0.15) is 5.56 Å². The molecule has 3 aromatic rings. The van der Waals surface area contributed by atoms with Crippen LogP contribution >= 0.6 is 22.9 Å². The summed E-state index contributed by atoms with van der Waals surface area (Å²) < 4.78 is 2.09. The van der Waals surface area contributed by atoms with E-state index < -0.39 is 0 Å². The van der Waals surface area contributed by atoms with Gasteiger partial charge in [-0.15, -0.1) is 11.3 Å². The van der Waals surface area contributed by atoms with Crippen molar-refractivity contribution in [2.75, 3.05) is 5.73 Å². The number of nitrogens with zero attached hydrogens (tertiary/aromatic N) is 2. The van der Waals surface area contributed by atoms with Crippen LogP contribution in [0.15, 0.2) is 48.1 Å². The van der Waals surface area contributed by atoms with Crippen molar-refractivity contribution < 1.29 is 0 Å². The minimum absolute atomic E-state index is 0.679. The van der Waals surface area contributed by atoms with E-state index in [4.69, 9.17) is 17.3 Å². The van der Waals surface area contributed by atoms with Crippen LogP contribution in [0.25, 0.3) is 10.7 Å². The van der Waals surface area contributed by atoms with E-state index in [1.807, 2.05) is 29.8 Å². The molecule has 96 valence electrons. The fourth-order valence-electron chi connectivity index (χ4n) is 1.94. The average Bonchev–Trinajstić information content (AvgIpc) is 3.03. The number of nitrogen functional groups attached to an aromatic ring is 1. The van der Waals surface area contributed by atoms with E-state index in [9.17, 15) is 0 Å². The summed E-state index contributed by atoms with van der Waals surface area (Å²) in [7, 11) is 0. The maximum Gasteiger partial charge on any atom is 0.150 e. The van der Waals surface area contributed by atoms with Crippen molar-refractivity contribution in [3.63, 3.8) is 0 Å². The molecule has 0 aliphatic carbocycles. The van der Waals surface area contributed by atoms with Gasteiger partial charge in [0.25, 0.3) is 0 Å². The van der Waals surface area contributed by atoms with E-state index in [2.05, 4.69) is 15.6 Å². The van der Waals surface area contributed by atoms with Gasteiger partial charge in [0.2, 0.25) is 0 Å². The molecular weight excluding hydrogens is 278 g/mol. The summed E-state index contributed by atoms with van der Waals surface area (Å²) >= 11 is 7.89. The Morgan fingerprint density at radius 3 is 2.95 bits per heavy atom. The molecule has 2 N–H and O–H groups in total. The van der Waals surface area contributed by atoms with Gasteiger partial charge in [-0.1, -0.05) is 23.7 Å². The standard InChI is InChI=1S/C14H12ClN3S/c15-12-8-11(16)4-3-10(12)9-18-6-5-17-14(18)13-2-1-7-19-13/h1-8H,9,16H2. The predicted octanol–water partition coefficient (Wildman–Crippen LogP) is 3.90. The van der Waals surface area contributed by atoms with Gasteiger partial charge in [-0.25, -0.2) is 4.98 Å². The summed E-state index contributed by atoms with van der Waals surface area (Å²) in [4.78, 5) is 5.56. The molecule has 0 fully saturated rings. The number of aromatic nitrogens is 2. The van der Waals surface area contributed by atoms with Crippen molar-refractivity contribution in [2.24, 2.45) is 0 Å². The molecule has 0 aliphatic rings. The Balaban J connectivity index is 1.94. The molecule has 0 atom stereocenters. The molecule has 0 bridgehead atoms. The lowest BCUT2D eigenvalue weighted by atomic mass is 10.2. The zero-order chi connectivity index (χ0) is 13.2. The van der Waals surface area contributed by atoms with Crippen LogP contribution in [0.5, 0.6) is 0 Å². The topological polar surface area (TPSA) is 43.8 Å². The predicted molar refractivity (Wildman–Crippen MR) is 80.5 cm³/mol. The van der Waals surface area contributed by atoms with Gasteiger partial charge in [-0.2, -0.15) is 0 Å². The van der Waals surface area contributed by atoms with Gasteiger partial charge >= 0.3 is 0 Å². The van der Waals surface area contributed by atoms with Crippen molar-refractivity contribution in [3.05, 3.63) is 58.7 Å². The molecule has 0 saturated carbocycles. The maximum absolute atomic E-state index is 6.21. The SMILES string of the molecule is Nc1ccc(Cn2ccnc2-c2cccs2)c(Cl)c1. The largest absolute Gasteiger partial charge is 0.399 e. The second-order valence-electron chi connectivity index (χ2n) is 4.21. The van der Waals surface area contributed by atoms with Gasteiger partial charge in [0.1, 0.15) is 5.82 Å². The molecule has 19 heavy (non-hydrogen) atoms. The van der Waals surface area contributed by atoms with Crippen molar-refractivity contribution in [3.8, 4) is 10.7 Å². The molecule has 0 unspecified atom stereocenters. The minimum atomic E-state index is 0.679. The van der Waals surface area contributed by atoms with Gasteiger partial charge < -0.3 is 10.3 Å². The summed E-state index contributed by atoms with van der Waals surface area (Å²) in [5, 5.41) is 2.73. The average molecular weight is 290 g/mol. The molecule has 5 heteroatoms. The Hall–Kier alpha value is -1.78. The first-order valence-electron chi connectivity index (χ1n) is 5.83. The van der Waals surface area contributed by atoms with Crippen LogP contribution in [0, 0.1) is 0 Å². The number of rotatable bonds is 3. The normalized spacial score (nSPS) is 10.8. The highest BCUT2D eigenvalue weighted by molar-refractivity contribution is 7.13. The fraction of sp³-hybridized carbons (Fsp3) is 0.0714. The molecule has 3 nitrogen and oxygen atoms in total. The number of thiophene rings is 1. The van der Waals surface area contributed by atoms with E-state index in [0.29, 0.717) is 17.3 Å². The smallest absolute Gasteiger partial charge is 0.150 e. The first kappa shape index (κ1) is 12.3. The van der Waals surface area contributed by atoms with E-state index in [1.54, 1.807) is 23.6 Å². The number of hydrogen-bond donors (Lipinski definition) is 1. The van der Waals surface area contributed by atoms with Crippen molar-refractivity contribution in [1.82, 2.24) is 9.55 Å². The molecular formula is C14H12ClN3S. The number of halogens is 1. The summed E-state index contributed by atoms with van der Waals surface area (Å²) in [6.07, 6.45) is 3.77. The molecule has 0 aliphatic heterocycles. The Kier molecular flexibility index (Phi) is 3.27. The summed E-state index contributed by atoms with van der Waals surface area (Å²) in [6.45, 7) is 0.687. The number of nitrogens with two attached hydrogens (primary N) is 1. The van der Waals surface area contributed by atoms with Crippen LogP contribution in [0.2, 0.25) is 5.02 Å². The molecule has 0 spiro atoms. The number of benzene rings is 1. The second-order valence-corrected chi connectivity index (χ2v) is 5.56. The van der Waals surface area contributed by atoms with Crippen LogP contribution < -0.4 is 5.73 Å². The Bertz CT molecular complexity index is 689. The van der Waals surface area contributed by atoms with Gasteiger partial charge in [0, 0.05) is 23.1 Å². The Morgan fingerprint density at radius 1 is 1.32 bits per heavy atom. The van der Waals surface area contributed by atoms with Crippen LogP contribution in [-0.2, 0) is 6.54 Å². The molecule has 1 aromatic carbocycles. The van der Waals surface area contributed by atoms with Gasteiger partial charge in [-0.3, -0.25) is 0 Å². The number of hydrogen-bond acceptors (Lipinski definition) is 3. The second kappa shape index (κ2) is 5.07. The van der Waals surface area contributed by atoms with E-state index in [-0.39, 0.29) is 0 Å². The Labute approximate surface area is 120 Å². The first-order valence-corrected chi connectivity index (χ1v) is 7.09. The van der Waals surface area contributed by atoms with Crippen LogP contribution in [0.4, 0.5) is 5.69 Å². The minimum Gasteiger partial charge on any atom is -0.399 e. The van der Waals surface area contributed by atoms with Crippen molar-refractivity contribution >= 4 is 28.6 Å². The molecule has 0 radical (unpaired) electrons. The molecule has 2 heterocycles. The number of imidazole rings is 1. The monoisotopic (exact) mass is 289 g/mol. The third-order valence-corrected chi connectivity index (χ3v) is 4.09. The van der Waals surface area contributed by atoms with Crippen molar-refractivity contribution in [1.29, 1.82) is 0 Å². The third-order valence-electron chi connectivity index (χ3n) is 2.87. The maximum atomic E-state index is 6.21. The zero-order valence-electron chi connectivity index (χ0n) is 10.1. The van der Waals surface area contributed by atoms with E-state index >= 15 is 0 Å². The lowest BCUT2D eigenvalue weighted by molar-refractivity contribution is 0.809. The highest BCUT2D eigenvalue weighted by Gasteiger charge is 2.09. The first-order chi connectivity index (χ1) is 9.24. The molecule has 0 amide bonds. The molecule has 2 aromatic heterocycles. The lowest BCUT2D eigenvalue weighted by Crippen LogP contribution is -2.01. The lowest BCUT2D eigenvalue weighted by Gasteiger charge is -2.09. The summed E-state index contributed by atoms with van der Waals surface area (Å²) in [5.74, 6) is 0.961. The highest BCUT2D eigenvalue weighted by Crippen LogP contribution is 2.25. The zero-order valence-corrected chi connectivity index (χ0v) is 11.7. The molecule has 3 rings (SSSR count). The highest BCUT2D eigenvalue weighted by atomic mass is 35.5. The van der Waals surface area contributed by atoms with Crippen molar-refractivity contribution in [2.45, 2.75) is 6.54 Å². The quantitative estimate of drug-likeness (QED) is 0.743. The summed E-state index contributed by atoms with van der Waals surface area (Å²) in [5.41, 5.74) is 7.42. The van der Waals surface area contributed by atoms with Crippen LogP contribution in [0.3, 0.4) is 0 Å². The summed E-state index contributed by atoms with van der Waals surface area (Å²) in [6, 6.07) is 9.68. The van der Waals surface area contributed by atoms with E-state index in [0.717, 1.165) is 16.3 Å². The van der Waals surface area contributed by atoms with Gasteiger partial charge in [-0.05, 0) is 29.1 Å².